The van der Waals surface area contributed by atoms with Crippen LogP contribution in [0, 0.1) is 0 Å². The fraction of sp³-hybridized carbons (Fsp3) is 0.600. The van der Waals surface area contributed by atoms with Gasteiger partial charge in [0.15, 0.2) is 0 Å². The maximum atomic E-state index is 5.53. The number of nitrogens with one attached hydrogen (secondary N) is 1. The first kappa shape index (κ1) is 12.2. The molecule has 98 valence electrons. The van der Waals surface area contributed by atoms with Gasteiger partial charge in [-0.2, -0.15) is 0 Å². The van der Waals surface area contributed by atoms with Crippen LogP contribution in [0.1, 0.15) is 16.7 Å². The lowest BCUT2D eigenvalue weighted by atomic mass is 9.95. The van der Waals surface area contributed by atoms with Crippen molar-refractivity contribution in [3.63, 3.8) is 0 Å². The van der Waals surface area contributed by atoms with Crippen molar-refractivity contribution >= 4 is 0 Å². The zero-order valence-corrected chi connectivity index (χ0v) is 11.0. The molecular formula is C15H22N2O. The molecule has 1 fully saturated rings. The molecule has 18 heavy (non-hydrogen) atoms. The molecule has 0 bridgehead atoms. The standard InChI is InChI=1S/C15H22N2O/c1-2-13(4-8-17-9-6-16-7-10-17)15-5-11-18-12-14(15)3-1/h1-3,16H,4-12H2. The number of hydrogen-bond acceptors (Lipinski definition) is 3. The molecule has 0 aliphatic carbocycles. The Balaban J connectivity index is 1.65. The number of ether oxygens (including phenoxy) is 1. The molecule has 0 saturated carbocycles. The molecule has 0 aromatic heterocycles. The third-order valence-electron chi connectivity index (χ3n) is 4.03. The van der Waals surface area contributed by atoms with Crippen molar-refractivity contribution in [2.24, 2.45) is 0 Å². The highest BCUT2D eigenvalue weighted by molar-refractivity contribution is 5.36. The van der Waals surface area contributed by atoms with E-state index < -0.39 is 0 Å². The molecule has 0 atom stereocenters. The Bertz CT molecular complexity index is 399. The predicted molar refractivity (Wildman–Crippen MR) is 72.8 cm³/mol. The molecule has 0 radical (unpaired) electrons. The Morgan fingerprint density at radius 1 is 1.22 bits per heavy atom. The monoisotopic (exact) mass is 246 g/mol. The van der Waals surface area contributed by atoms with Crippen molar-refractivity contribution in [1.29, 1.82) is 0 Å². The fourth-order valence-corrected chi connectivity index (χ4v) is 2.95. The van der Waals surface area contributed by atoms with Gasteiger partial charge in [0.2, 0.25) is 0 Å². The number of rotatable bonds is 3. The second-order valence-electron chi connectivity index (χ2n) is 5.20. The summed E-state index contributed by atoms with van der Waals surface area (Å²) in [6.45, 7) is 7.55. The predicted octanol–water partition coefficient (Wildman–Crippen LogP) is 1.21. The Hall–Kier alpha value is -0.900. The number of nitrogens with zero attached hydrogens (tertiary/aromatic N) is 1. The highest BCUT2D eigenvalue weighted by atomic mass is 16.5. The van der Waals surface area contributed by atoms with Gasteiger partial charge in [-0.25, -0.2) is 0 Å². The molecule has 2 aliphatic rings. The summed E-state index contributed by atoms with van der Waals surface area (Å²) in [7, 11) is 0. The molecule has 0 spiro atoms. The summed E-state index contributed by atoms with van der Waals surface area (Å²) in [4.78, 5) is 2.56. The van der Waals surface area contributed by atoms with Crippen molar-refractivity contribution in [2.75, 3.05) is 39.3 Å². The van der Waals surface area contributed by atoms with E-state index in [9.17, 15) is 0 Å². The van der Waals surface area contributed by atoms with Crippen LogP contribution in [-0.4, -0.2) is 44.2 Å². The second-order valence-corrected chi connectivity index (χ2v) is 5.20. The van der Waals surface area contributed by atoms with Crippen molar-refractivity contribution < 1.29 is 4.74 Å². The van der Waals surface area contributed by atoms with E-state index in [2.05, 4.69) is 28.4 Å². The fourth-order valence-electron chi connectivity index (χ4n) is 2.95. The summed E-state index contributed by atoms with van der Waals surface area (Å²) in [5.74, 6) is 0. The smallest absolute Gasteiger partial charge is 0.0719 e. The number of fused-ring (bicyclic) bond motifs is 1. The van der Waals surface area contributed by atoms with E-state index in [1.807, 2.05) is 0 Å². The molecule has 1 saturated heterocycles. The van der Waals surface area contributed by atoms with Crippen molar-refractivity contribution in [3.8, 4) is 0 Å². The Morgan fingerprint density at radius 3 is 3.00 bits per heavy atom. The molecule has 0 unspecified atom stereocenters. The lowest BCUT2D eigenvalue weighted by Gasteiger charge is -2.28. The van der Waals surface area contributed by atoms with Gasteiger partial charge in [-0.05, 0) is 29.5 Å². The van der Waals surface area contributed by atoms with E-state index >= 15 is 0 Å². The van der Waals surface area contributed by atoms with Crippen LogP contribution in [0.15, 0.2) is 18.2 Å². The van der Waals surface area contributed by atoms with E-state index in [0.29, 0.717) is 0 Å². The summed E-state index contributed by atoms with van der Waals surface area (Å²) in [6, 6.07) is 6.69. The van der Waals surface area contributed by atoms with E-state index in [4.69, 9.17) is 4.74 Å². The molecular weight excluding hydrogens is 224 g/mol. The first-order valence-electron chi connectivity index (χ1n) is 7.04. The SMILES string of the molecule is c1cc(CCN2CCNCC2)c2c(c1)COCC2. The van der Waals surface area contributed by atoms with Crippen LogP contribution in [0.3, 0.4) is 0 Å². The number of piperazine rings is 1. The normalized spacial score (nSPS) is 20.7. The van der Waals surface area contributed by atoms with Gasteiger partial charge in [-0.3, -0.25) is 0 Å². The minimum atomic E-state index is 0.802. The minimum absolute atomic E-state index is 0.802. The Labute approximate surface area is 109 Å². The molecule has 3 rings (SSSR count). The van der Waals surface area contributed by atoms with Crippen LogP contribution in [-0.2, 0) is 24.2 Å². The molecule has 1 aromatic carbocycles. The van der Waals surface area contributed by atoms with E-state index in [1.54, 1.807) is 5.56 Å². The van der Waals surface area contributed by atoms with Gasteiger partial charge < -0.3 is 15.0 Å². The maximum absolute atomic E-state index is 5.53. The van der Waals surface area contributed by atoms with Gasteiger partial charge in [0, 0.05) is 32.7 Å². The van der Waals surface area contributed by atoms with Crippen molar-refractivity contribution in [3.05, 3.63) is 34.9 Å². The average Bonchev–Trinajstić information content (AvgIpc) is 2.46. The molecule has 1 N–H and O–H groups in total. The minimum Gasteiger partial charge on any atom is -0.376 e. The lowest BCUT2D eigenvalue weighted by molar-refractivity contribution is 0.110. The van der Waals surface area contributed by atoms with Crippen LogP contribution < -0.4 is 5.32 Å². The zero-order chi connectivity index (χ0) is 12.2. The third kappa shape index (κ3) is 2.74. The number of hydrogen-bond donors (Lipinski definition) is 1. The van der Waals surface area contributed by atoms with E-state index in [1.165, 1.54) is 37.2 Å². The summed E-state index contributed by atoms with van der Waals surface area (Å²) in [5, 5.41) is 3.40. The highest BCUT2D eigenvalue weighted by Gasteiger charge is 2.14. The highest BCUT2D eigenvalue weighted by Crippen LogP contribution is 2.21. The molecule has 2 heterocycles. The van der Waals surface area contributed by atoms with Crippen LogP contribution >= 0.6 is 0 Å². The van der Waals surface area contributed by atoms with Crippen LogP contribution in [0.25, 0.3) is 0 Å². The summed E-state index contributed by atoms with van der Waals surface area (Å²) < 4.78 is 5.53. The van der Waals surface area contributed by atoms with Crippen LogP contribution in [0.2, 0.25) is 0 Å². The maximum Gasteiger partial charge on any atom is 0.0719 e. The molecule has 2 aliphatic heterocycles. The summed E-state index contributed by atoms with van der Waals surface area (Å²) >= 11 is 0. The molecule has 1 aromatic rings. The molecule has 3 nitrogen and oxygen atoms in total. The van der Waals surface area contributed by atoms with Gasteiger partial charge in [0.25, 0.3) is 0 Å². The van der Waals surface area contributed by atoms with Crippen LogP contribution in [0.4, 0.5) is 0 Å². The largest absolute Gasteiger partial charge is 0.376 e. The average molecular weight is 246 g/mol. The Morgan fingerprint density at radius 2 is 2.11 bits per heavy atom. The number of benzene rings is 1. The molecule has 3 heteroatoms. The third-order valence-corrected chi connectivity index (χ3v) is 4.03. The summed E-state index contributed by atoms with van der Waals surface area (Å²) in [6.07, 6.45) is 2.27. The first-order chi connectivity index (χ1) is 8.93. The topological polar surface area (TPSA) is 24.5 Å². The van der Waals surface area contributed by atoms with Gasteiger partial charge in [0.1, 0.15) is 0 Å². The van der Waals surface area contributed by atoms with E-state index in [0.717, 1.165) is 32.7 Å². The quantitative estimate of drug-likeness (QED) is 0.867. The van der Waals surface area contributed by atoms with Gasteiger partial charge in [0.05, 0.1) is 13.2 Å². The van der Waals surface area contributed by atoms with E-state index in [-0.39, 0.29) is 0 Å². The van der Waals surface area contributed by atoms with Crippen LogP contribution in [0.5, 0.6) is 0 Å². The van der Waals surface area contributed by atoms with Crippen molar-refractivity contribution in [2.45, 2.75) is 19.4 Å². The van der Waals surface area contributed by atoms with Gasteiger partial charge in [-0.1, -0.05) is 18.2 Å². The van der Waals surface area contributed by atoms with Crippen molar-refractivity contribution in [1.82, 2.24) is 10.2 Å². The lowest BCUT2D eigenvalue weighted by Crippen LogP contribution is -2.44. The summed E-state index contributed by atoms with van der Waals surface area (Å²) in [5.41, 5.74) is 4.49. The molecule has 0 amide bonds. The first-order valence-corrected chi connectivity index (χ1v) is 7.04. The second kappa shape index (κ2) is 5.83. The zero-order valence-electron chi connectivity index (χ0n) is 11.0. The van der Waals surface area contributed by atoms with Gasteiger partial charge >= 0.3 is 0 Å². The Kier molecular flexibility index (Phi) is 3.93. The van der Waals surface area contributed by atoms with Gasteiger partial charge in [-0.15, -0.1) is 0 Å².